The monoisotopic (exact) mass is 323 g/mol. The van der Waals surface area contributed by atoms with E-state index in [-0.39, 0.29) is 6.03 Å². The lowest BCUT2D eigenvalue weighted by atomic mass is 10.2. The van der Waals surface area contributed by atoms with Gasteiger partial charge in [-0.05, 0) is 19.1 Å². The van der Waals surface area contributed by atoms with Crippen molar-refractivity contribution in [3.8, 4) is 0 Å². The van der Waals surface area contributed by atoms with Gasteiger partial charge in [-0.25, -0.2) is 4.79 Å². The lowest BCUT2D eigenvalue weighted by Crippen LogP contribution is -2.36. The number of amides is 2. The topological polar surface area (TPSA) is 63.2 Å². The first-order valence-corrected chi connectivity index (χ1v) is 8.00. The first-order chi connectivity index (χ1) is 10.6. The van der Waals surface area contributed by atoms with E-state index in [0.29, 0.717) is 18.3 Å². The Morgan fingerprint density at radius 1 is 1.36 bits per heavy atom. The lowest BCUT2D eigenvalue weighted by Gasteiger charge is -2.18. The van der Waals surface area contributed by atoms with E-state index < -0.39 is 6.29 Å². The van der Waals surface area contributed by atoms with Gasteiger partial charge in [-0.3, -0.25) is 9.89 Å². The van der Waals surface area contributed by atoms with Crippen LogP contribution in [0.5, 0.6) is 0 Å². The van der Waals surface area contributed by atoms with Gasteiger partial charge in [0.15, 0.2) is 11.5 Å². The summed E-state index contributed by atoms with van der Waals surface area (Å²) in [6, 6.07) is 7.54. The van der Waals surface area contributed by atoms with Gasteiger partial charge in [0.05, 0.1) is 6.54 Å². The molecule has 1 aromatic rings. The number of nitrogens with one attached hydrogen (secondary N) is 1. The van der Waals surface area contributed by atoms with Crippen LogP contribution in [0.4, 0.5) is 10.5 Å². The van der Waals surface area contributed by atoms with Crippen LogP contribution in [0, 0.1) is 6.92 Å². The van der Waals surface area contributed by atoms with Crippen molar-refractivity contribution in [3.05, 3.63) is 29.8 Å². The number of aryl methyl sites for hydroxylation is 1. The highest BCUT2D eigenvalue weighted by atomic mass is 32.2. The normalized spacial score (nSPS) is 16.5. The molecule has 120 valence electrons. The standard InChI is InChI=1S/C15H21N3O3S/c1-11-4-6-12(7-5-11)17-14(19)18-8-9-22-15(18)16-10-13(20-2)21-3/h4-7,13H,8-10H2,1-3H3,(H,17,19). The van der Waals surface area contributed by atoms with E-state index in [1.807, 2.05) is 31.2 Å². The predicted molar refractivity (Wildman–Crippen MR) is 89.5 cm³/mol. The highest BCUT2D eigenvalue weighted by Gasteiger charge is 2.26. The molecule has 0 radical (unpaired) electrons. The molecule has 1 saturated heterocycles. The van der Waals surface area contributed by atoms with Crippen LogP contribution in [0.2, 0.25) is 0 Å². The molecule has 0 atom stereocenters. The van der Waals surface area contributed by atoms with Crippen LogP contribution in [0.1, 0.15) is 5.56 Å². The van der Waals surface area contributed by atoms with Gasteiger partial charge < -0.3 is 14.8 Å². The molecular weight excluding hydrogens is 302 g/mol. The number of rotatable bonds is 5. The first kappa shape index (κ1) is 16.8. The summed E-state index contributed by atoms with van der Waals surface area (Å²) in [5.74, 6) is 0.838. The van der Waals surface area contributed by atoms with Crippen molar-refractivity contribution in [1.29, 1.82) is 0 Å². The second-order valence-electron chi connectivity index (χ2n) is 4.82. The number of nitrogens with zero attached hydrogens (tertiary/aromatic N) is 2. The fourth-order valence-electron chi connectivity index (χ4n) is 1.95. The molecule has 0 aliphatic carbocycles. The average molecular weight is 323 g/mol. The number of anilines is 1. The van der Waals surface area contributed by atoms with E-state index in [1.54, 1.807) is 30.9 Å². The molecule has 6 nitrogen and oxygen atoms in total. The molecule has 1 N–H and O–H groups in total. The van der Waals surface area contributed by atoms with Gasteiger partial charge in [0.2, 0.25) is 0 Å². The van der Waals surface area contributed by atoms with E-state index in [4.69, 9.17) is 9.47 Å². The summed E-state index contributed by atoms with van der Waals surface area (Å²) >= 11 is 1.56. The predicted octanol–water partition coefficient (Wildman–Crippen LogP) is 2.55. The van der Waals surface area contributed by atoms with E-state index >= 15 is 0 Å². The van der Waals surface area contributed by atoms with Gasteiger partial charge in [-0.2, -0.15) is 0 Å². The number of amidine groups is 1. The molecule has 0 saturated carbocycles. The fourth-order valence-corrected chi connectivity index (χ4v) is 2.90. The number of carbonyl (C=O) groups is 1. The minimum absolute atomic E-state index is 0.168. The highest BCUT2D eigenvalue weighted by molar-refractivity contribution is 8.14. The Labute approximate surface area is 134 Å². The molecule has 2 rings (SSSR count). The Bertz CT molecular complexity index is 529. The number of methoxy groups -OCH3 is 2. The molecule has 0 aromatic heterocycles. The zero-order valence-electron chi connectivity index (χ0n) is 13.0. The fraction of sp³-hybridized carbons (Fsp3) is 0.467. The summed E-state index contributed by atoms with van der Waals surface area (Å²) in [7, 11) is 3.13. The quantitative estimate of drug-likeness (QED) is 0.846. The van der Waals surface area contributed by atoms with Crippen LogP contribution >= 0.6 is 11.8 Å². The first-order valence-electron chi connectivity index (χ1n) is 7.02. The van der Waals surface area contributed by atoms with E-state index in [1.165, 1.54) is 0 Å². The maximum Gasteiger partial charge on any atom is 0.327 e. The Kier molecular flexibility index (Phi) is 6.23. The molecule has 1 aromatic carbocycles. The number of carbonyl (C=O) groups excluding carboxylic acids is 1. The van der Waals surface area contributed by atoms with Gasteiger partial charge >= 0.3 is 6.03 Å². The van der Waals surface area contributed by atoms with E-state index in [2.05, 4.69) is 10.3 Å². The maximum absolute atomic E-state index is 12.4. The lowest BCUT2D eigenvalue weighted by molar-refractivity contribution is -0.0937. The van der Waals surface area contributed by atoms with Crippen molar-refractivity contribution in [2.24, 2.45) is 4.99 Å². The number of aliphatic imine (C=N–C) groups is 1. The number of urea groups is 1. The van der Waals surface area contributed by atoms with Gasteiger partial charge in [0, 0.05) is 32.2 Å². The zero-order valence-corrected chi connectivity index (χ0v) is 13.9. The third kappa shape index (κ3) is 4.46. The van der Waals surface area contributed by atoms with Crippen LogP contribution < -0.4 is 5.32 Å². The molecule has 1 aliphatic heterocycles. The van der Waals surface area contributed by atoms with E-state index in [9.17, 15) is 4.79 Å². The van der Waals surface area contributed by atoms with Crippen molar-refractivity contribution in [2.75, 3.05) is 38.4 Å². The molecular formula is C15H21N3O3S. The summed E-state index contributed by atoms with van der Waals surface area (Å²) < 4.78 is 10.2. The van der Waals surface area contributed by atoms with Gasteiger partial charge in [-0.1, -0.05) is 29.5 Å². The molecule has 1 aliphatic rings. The molecule has 0 spiro atoms. The highest BCUT2D eigenvalue weighted by Crippen LogP contribution is 2.20. The van der Waals surface area contributed by atoms with Crippen molar-refractivity contribution in [3.63, 3.8) is 0 Å². The van der Waals surface area contributed by atoms with Crippen LogP contribution in [-0.2, 0) is 9.47 Å². The summed E-state index contributed by atoms with van der Waals surface area (Å²) in [4.78, 5) is 18.4. The van der Waals surface area contributed by atoms with Crippen LogP contribution in [0.3, 0.4) is 0 Å². The molecule has 0 bridgehead atoms. The number of hydrogen-bond donors (Lipinski definition) is 1. The molecule has 1 fully saturated rings. The largest absolute Gasteiger partial charge is 0.354 e. The number of benzene rings is 1. The molecule has 2 amide bonds. The molecule has 7 heteroatoms. The molecule has 0 unspecified atom stereocenters. The second kappa shape index (κ2) is 8.17. The zero-order chi connectivity index (χ0) is 15.9. The average Bonchev–Trinajstić information content (AvgIpc) is 2.99. The van der Waals surface area contributed by atoms with Crippen molar-refractivity contribution in [2.45, 2.75) is 13.2 Å². The Balaban J connectivity index is 1.98. The third-order valence-corrected chi connectivity index (χ3v) is 4.22. The minimum atomic E-state index is -0.393. The van der Waals surface area contributed by atoms with Gasteiger partial charge in [0.25, 0.3) is 0 Å². The van der Waals surface area contributed by atoms with Crippen molar-refractivity contribution < 1.29 is 14.3 Å². The maximum atomic E-state index is 12.4. The summed E-state index contributed by atoms with van der Waals surface area (Å²) in [6.45, 7) is 3.02. The Morgan fingerprint density at radius 3 is 2.68 bits per heavy atom. The minimum Gasteiger partial charge on any atom is -0.354 e. The number of thioether (sulfide) groups is 1. The number of hydrogen-bond acceptors (Lipinski definition) is 5. The van der Waals surface area contributed by atoms with Crippen molar-refractivity contribution >= 4 is 28.6 Å². The third-order valence-electron chi connectivity index (χ3n) is 3.23. The molecule has 1 heterocycles. The van der Waals surface area contributed by atoms with Crippen molar-refractivity contribution in [1.82, 2.24) is 4.90 Å². The summed E-state index contributed by atoms with van der Waals surface area (Å²) in [5.41, 5.74) is 1.93. The van der Waals surface area contributed by atoms with Gasteiger partial charge in [0.1, 0.15) is 0 Å². The summed E-state index contributed by atoms with van der Waals surface area (Å²) in [5, 5.41) is 3.58. The van der Waals surface area contributed by atoms with Gasteiger partial charge in [-0.15, -0.1) is 0 Å². The number of ether oxygens (including phenoxy) is 2. The van der Waals surface area contributed by atoms with E-state index in [0.717, 1.165) is 17.0 Å². The smallest absolute Gasteiger partial charge is 0.327 e. The Morgan fingerprint density at radius 2 is 2.05 bits per heavy atom. The SMILES string of the molecule is COC(CN=C1SCCN1C(=O)Nc1ccc(C)cc1)OC. The Hall–Kier alpha value is -1.57. The van der Waals surface area contributed by atoms with Crippen LogP contribution in [0.15, 0.2) is 29.3 Å². The van der Waals surface area contributed by atoms with Crippen LogP contribution in [-0.4, -0.2) is 55.5 Å². The second-order valence-corrected chi connectivity index (χ2v) is 5.88. The van der Waals surface area contributed by atoms with Crippen LogP contribution in [0.25, 0.3) is 0 Å². The summed E-state index contributed by atoms with van der Waals surface area (Å²) in [6.07, 6.45) is -0.393. The molecule has 22 heavy (non-hydrogen) atoms.